The molecule has 0 bridgehead atoms. The lowest BCUT2D eigenvalue weighted by Gasteiger charge is -2.02. The molecule has 4 nitrogen and oxygen atoms in total. The topological polar surface area (TPSA) is 66.0 Å². The van der Waals surface area contributed by atoms with Crippen molar-refractivity contribution in [3.8, 4) is 11.3 Å². The highest BCUT2D eigenvalue weighted by molar-refractivity contribution is 9.10. The molecule has 94 valence electrons. The summed E-state index contributed by atoms with van der Waals surface area (Å²) in [6, 6.07) is 7.85. The van der Waals surface area contributed by atoms with Crippen molar-refractivity contribution < 1.29 is 9.90 Å². The number of aliphatic carboxylic acids is 1. The Hall–Kier alpha value is -1.62. The largest absolute Gasteiger partial charge is 0.481 e. The molecule has 1 unspecified atom stereocenters. The molecule has 1 atom stereocenters. The van der Waals surface area contributed by atoms with Gasteiger partial charge in [0.1, 0.15) is 5.82 Å². The summed E-state index contributed by atoms with van der Waals surface area (Å²) in [5.74, 6) is -0.554. The van der Waals surface area contributed by atoms with Crippen LogP contribution >= 0.6 is 15.9 Å². The fraction of sp³-hybridized carbons (Fsp3) is 0.231. The maximum atomic E-state index is 10.8. The predicted octanol–water partition coefficient (Wildman–Crippen LogP) is 3.10. The number of imidazole rings is 1. The second-order valence-electron chi connectivity index (χ2n) is 4.20. The van der Waals surface area contributed by atoms with Gasteiger partial charge in [0.15, 0.2) is 0 Å². The van der Waals surface area contributed by atoms with Crippen LogP contribution < -0.4 is 0 Å². The van der Waals surface area contributed by atoms with Crippen molar-refractivity contribution in [2.24, 2.45) is 5.92 Å². The molecule has 0 saturated heterocycles. The summed E-state index contributed by atoms with van der Waals surface area (Å²) in [7, 11) is 0. The molecule has 2 aromatic rings. The Labute approximate surface area is 113 Å². The number of carboxylic acids is 1. The highest BCUT2D eigenvalue weighted by Gasteiger charge is 2.14. The molecule has 5 heteroatoms. The summed E-state index contributed by atoms with van der Waals surface area (Å²) in [6.07, 6.45) is 2.13. The molecular formula is C13H13BrN2O2. The zero-order valence-electron chi connectivity index (χ0n) is 9.85. The van der Waals surface area contributed by atoms with Crippen molar-refractivity contribution >= 4 is 21.9 Å². The van der Waals surface area contributed by atoms with Crippen molar-refractivity contribution in [3.05, 3.63) is 40.8 Å². The minimum atomic E-state index is -0.810. The van der Waals surface area contributed by atoms with E-state index in [4.69, 9.17) is 5.11 Å². The molecule has 2 N–H and O–H groups in total. The van der Waals surface area contributed by atoms with Crippen molar-refractivity contribution in [2.45, 2.75) is 13.3 Å². The molecule has 1 aromatic carbocycles. The molecule has 0 aliphatic heterocycles. The van der Waals surface area contributed by atoms with Crippen LogP contribution in [0.2, 0.25) is 0 Å². The summed E-state index contributed by atoms with van der Waals surface area (Å²) >= 11 is 3.41. The number of carbonyl (C=O) groups is 1. The molecule has 0 amide bonds. The van der Waals surface area contributed by atoms with E-state index in [1.165, 1.54) is 0 Å². The van der Waals surface area contributed by atoms with Gasteiger partial charge >= 0.3 is 5.97 Å². The molecule has 1 aromatic heterocycles. The van der Waals surface area contributed by atoms with Crippen LogP contribution in [-0.4, -0.2) is 21.0 Å². The van der Waals surface area contributed by atoms with Gasteiger partial charge in [0.25, 0.3) is 0 Å². The van der Waals surface area contributed by atoms with Crippen LogP contribution in [0.15, 0.2) is 34.9 Å². The van der Waals surface area contributed by atoms with Gasteiger partial charge in [0.05, 0.1) is 17.8 Å². The van der Waals surface area contributed by atoms with Crippen LogP contribution in [0.4, 0.5) is 0 Å². The van der Waals surface area contributed by atoms with Gasteiger partial charge in [-0.25, -0.2) is 4.98 Å². The molecule has 0 saturated carbocycles. The number of rotatable bonds is 4. The van der Waals surface area contributed by atoms with E-state index in [0.717, 1.165) is 15.7 Å². The Morgan fingerprint density at radius 3 is 3.00 bits per heavy atom. The third kappa shape index (κ3) is 2.98. The second-order valence-corrected chi connectivity index (χ2v) is 5.11. The molecule has 0 aliphatic carbocycles. The number of nitrogens with zero attached hydrogens (tertiary/aromatic N) is 1. The van der Waals surface area contributed by atoms with E-state index in [-0.39, 0.29) is 0 Å². The molecule has 18 heavy (non-hydrogen) atoms. The molecule has 2 rings (SSSR count). The van der Waals surface area contributed by atoms with E-state index in [1.807, 2.05) is 24.3 Å². The maximum Gasteiger partial charge on any atom is 0.306 e. The number of hydrogen-bond acceptors (Lipinski definition) is 2. The average Bonchev–Trinajstić information content (AvgIpc) is 2.77. The quantitative estimate of drug-likeness (QED) is 0.912. The van der Waals surface area contributed by atoms with Crippen LogP contribution in [-0.2, 0) is 11.2 Å². The van der Waals surface area contributed by atoms with Gasteiger partial charge in [-0.05, 0) is 12.1 Å². The van der Waals surface area contributed by atoms with Gasteiger partial charge in [-0.2, -0.15) is 0 Å². The highest BCUT2D eigenvalue weighted by Crippen LogP contribution is 2.21. The van der Waals surface area contributed by atoms with Gasteiger partial charge in [-0.1, -0.05) is 35.0 Å². The van der Waals surface area contributed by atoms with Crippen molar-refractivity contribution in [1.29, 1.82) is 0 Å². The molecule has 0 spiro atoms. The maximum absolute atomic E-state index is 10.8. The molecular weight excluding hydrogens is 296 g/mol. The number of hydrogen-bond donors (Lipinski definition) is 2. The van der Waals surface area contributed by atoms with Gasteiger partial charge < -0.3 is 10.1 Å². The first-order chi connectivity index (χ1) is 8.56. The van der Waals surface area contributed by atoms with Gasteiger partial charge in [0, 0.05) is 16.5 Å². The average molecular weight is 309 g/mol. The Bertz CT molecular complexity index is 566. The third-order valence-corrected chi connectivity index (χ3v) is 3.18. The number of benzene rings is 1. The smallest absolute Gasteiger partial charge is 0.306 e. The number of aromatic amines is 1. The second kappa shape index (κ2) is 5.35. The van der Waals surface area contributed by atoms with Gasteiger partial charge in [-0.3, -0.25) is 4.79 Å². The number of halogens is 1. The zero-order valence-corrected chi connectivity index (χ0v) is 11.4. The fourth-order valence-corrected chi connectivity index (χ4v) is 2.05. The van der Waals surface area contributed by atoms with Crippen molar-refractivity contribution in [2.75, 3.05) is 0 Å². The summed E-state index contributed by atoms with van der Waals surface area (Å²) in [4.78, 5) is 18.1. The SMILES string of the molecule is CC(Cc1ncc(-c2cccc(Br)c2)[nH]1)C(=O)O. The Morgan fingerprint density at radius 1 is 1.56 bits per heavy atom. The van der Waals surface area contributed by atoms with Crippen LogP contribution in [0.5, 0.6) is 0 Å². The van der Waals surface area contributed by atoms with E-state index in [1.54, 1.807) is 13.1 Å². The van der Waals surface area contributed by atoms with E-state index in [9.17, 15) is 4.79 Å². The minimum absolute atomic E-state index is 0.406. The third-order valence-electron chi connectivity index (χ3n) is 2.69. The number of H-pyrrole nitrogens is 1. The summed E-state index contributed by atoms with van der Waals surface area (Å²) in [5, 5.41) is 8.86. The van der Waals surface area contributed by atoms with E-state index in [2.05, 4.69) is 25.9 Å². The Kier molecular flexibility index (Phi) is 3.81. The van der Waals surface area contributed by atoms with Gasteiger partial charge in [0.2, 0.25) is 0 Å². The number of carboxylic acid groups (broad SMARTS) is 1. The first kappa shape index (κ1) is 12.8. The zero-order chi connectivity index (χ0) is 13.1. The van der Waals surface area contributed by atoms with Crippen LogP contribution in [0.25, 0.3) is 11.3 Å². The molecule has 0 fully saturated rings. The minimum Gasteiger partial charge on any atom is -0.481 e. The normalized spacial score (nSPS) is 12.3. The lowest BCUT2D eigenvalue weighted by atomic mass is 10.1. The molecule has 0 aliphatic rings. The Balaban J connectivity index is 2.18. The van der Waals surface area contributed by atoms with Gasteiger partial charge in [-0.15, -0.1) is 0 Å². The predicted molar refractivity (Wildman–Crippen MR) is 72.2 cm³/mol. The summed E-state index contributed by atoms with van der Waals surface area (Å²) < 4.78 is 0.995. The molecule has 0 radical (unpaired) electrons. The van der Waals surface area contributed by atoms with Crippen LogP contribution in [0, 0.1) is 5.92 Å². The van der Waals surface area contributed by atoms with Crippen LogP contribution in [0.1, 0.15) is 12.7 Å². The lowest BCUT2D eigenvalue weighted by Crippen LogP contribution is -2.12. The standard InChI is InChI=1S/C13H13BrN2O2/c1-8(13(17)18)5-12-15-7-11(16-12)9-3-2-4-10(14)6-9/h2-4,6-8H,5H2,1H3,(H,15,16)(H,17,18). The Morgan fingerprint density at radius 2 is 2.33 bits per heavy atom. The van der Waals surface area contributed by atoms with Crippen molar-refractivity contribution in [1.82, 2.24) is 9.97 Å². The van der Waals surface area contributed by atoms with E-state index < -0.39 is 11.9 Å². The highest BCUT2D eigenvalue weighted by atomic mass is 79.9. The molecule has 1 heterocycles. The summed E-state index contributed by atoms with van der Waals surface area (Å²) in [6.45, 7) is 1.67. The summed E-state index contributed by atoms with van der Waals surface area (Å²) in [5.41, 5.74) is 1.91. The fourth-order valence-electron chi connectivity index (χ4n) is 1.65. The van der Waals surface area contributed by atoms with E-state index in [0.29, 0.717) is 12.2 Å². The van der Waals surface area contributed by atoms with E-state index >= 15 is 0 Å². The van der Waals surface area contributed by atoms with Crippen LogP contribution in [0.3, 0.4) is 0 Å². The number of aromatic nitrogens is 2. The van der Waals surface area contributed by atoms with Crippen molar-refractivity contribution in [3.63, 3.8) is 0 Å². The first-order valence-corrected chi connectivity index (χ1v) is 6.38. The monoisotopic (exact) mass is 308 g/mol. The first-order valence-electron chi connectivity index (χ1n) is 5.59. The lowest BCUT2D eigenvalue weighted by molar-refractivity contribution is -0.141. The number of nitrogens with one attached hydrogen (secondary N) is 1.